The Bertz CT molecular complexity index is 2690. The molecule has 0 saturated carbocycles. The molecule has 0 spiro atoms. The van der Waals surface area contributed by atoms with Crippen LogP contribution < -0.4 is 52.8 Å². The third-order valence-corrected chi connectivity index (χ3v) is 19.7. The number of rotatable bonds is 10. The fourth-order valence-corrected chi connectivity index (χ4v) is 16.5. The second-order valence-electron chi connectivity index (χ2n) is 17.1. The quantitative estimate of drug-likeness (QED) is 0.126. The predicted octanol–water partition coefficient (Wildman–Crippen LogP) is 5.50. The number of hydrogen-bond donors (Lipinski definition) is 0. The summed E-state index contributed by atoms with van der Waals surface area (Å²) in [6.07, 6.45) is 0. The van der Waals surface area contributed by atoms with Gasteiger partial charge in [0.05, 0.1) is 0 Å². The van der Waals surface area contributed by atoms with E-state index >= 15 is 0 Å². The van der Waals surface area contributed by atoms with Gasteiger partial charge in [0.2, 0.25) is 0 Å². The van der Waals surface area contributed by atoms with Crippen molar-refractivity contribution in [3.05, 3.63) is 257 Å². The fourth-order valence-electron chi connectivity index (χ4n) is 10.1. The summed E-state index contributed by atoms with van der Waals surface area (Å²) in [7, 11) is -3.35. The molecule has 1 aliphatic rings. The van der Waals surface area contributed by atoms with Crippen molar-refractivity contribution in [2.75, 3.05) is 0 Å². The molecule has 9 aromatic rings. The summed E-state index contributed by atoms with van der Waals surface area (Å²) in [4.78, 5) is 0. The topological polar surface area (TPSA) is 0 Å². The number of benzene rings is 9. The van der Waals surface area contributed by atoms with Gasteiger partial charge in [-0.05, 0) is 0 Å². The Labute approximate surface area is 428 Å². The van der Waals surface area contributed by atoms with Crippen molar-refractivity contribution in [2.45, 2.75) is 20.8 Å². The first-order valence-corrected chi connectivity index (χ1v) is 25.1. The molecule has 0 bridgehead atoms. The second-order valence-corrected chi connectivity index (χ2v) is 21.8. The molecule has 0 nitrogen and oxygen atoms in total. The van der Waals surface area contributed by atoms with E-state index in [0.29, 0.717) is 0 Å². The molecule has 1 atom stereocenters. The molecule has 1 unspecified atom stereocenters. The smallest absolute Gasteiger partial charge is 1.00 e. The summed E-state index contributed by atoms with van der Waals surface area (Å²) >= 11 is 2.37. The zero-order valence-electron chi connectivity index (χ0n) is 37.7. The van der Waals surface area contributed by atoms with Crippen LogP contribution in [0, 0.1) is 5.92 Å². The van der Waals surface area contributed by atoms with Crippen molar-refractivity contribution in [3.8, 4) is 66.8 Å². The van der Waals surface area contributed by atoms with Crippen LogP contribution >= 0.6 is 0 Å². The first-order valence-electron chi connectivity index (χ1n) is 22.3. The molecule has 0 amide bonds. The van der Waals surface area contributed by atoms with Crippen LogP contribution in [0.3, 0.4) is 0 Å². The maximum absolute atomic E-state index is 3.35. The van der Waals surface area contributed by atoms with Crippen LogP contribution in [0.2, 0.25) is 0 Å². The van der Waals surface area contributed by atoms with E-state index in [9.17, 15) is 0 Å². The second kappa shape index (κ2) is 21.5. The molecule has 0 heterocycles. The number of halogens is 3. The van der Waals surface area contributed by atoms with E-state index in [1.165, 1.54) is 97.3 Å². The van der Waals surface area contributed by atoms with Crippen molar-refractivity contribution >= 4 is 23.6 Å². The van der Waals surface area contributed by atoms with Crippen LogP contribution in [0.25, 0.3) is 66.8 Å². The molecule has 9 aromatic carbocycles. The van der Waals surface area contributed by atoms with Crippen LogP contribution in [-0.4, -0.2) is 8.07 Å². The summed E-state index contributed by atoms with van der Waals surface area (Å²) < 4.78 is 1.46. The molecule has 0 aromatic heterocycles. The summed E-state index contributed by atoms with van der Waals surface area (Å²) in [5, 5.41) is 5.69. The standard InChI is InChI=1S/C62H49Si.3ClH.Ti/c1-44-34-45(2)62(46(44)3)63(59-38-53(47-22-10-4-11-23-47)35-54(39-59)48-24-12-5-13-25-48,60-40-55(49-26-14-6-15-27-49)36-56(41-60)50-28-16-7-17-29-50)61-42-57(51-30-18-8-19-31-51)37-58(43-61)52-32-20-9-21-33-52;;;;/h4-33,35-43,45H,1-3H3;3*1H;/q;;;;+3/p-3. The van der Waals surface area contributed by atoms with Gasteiger partial charge in [0, 0.05) is 0 Å². The summed E-state index contributed by atoms with van der Waals surface area (Å²) in [6, 6.07) is 88.6. The van der Waals surface area contributed by atoms with Gasteiger partial charge in [0.25, 0.3) is 0 Å². The number of hydrogen-bond acceptors (Lipinski definition) is 0. The summed E-state index contributed by atoms with van der Waals surface area (Å²) in [5.41, 5.74) is 17.5. The Hall–Kier alpha value is -5.74. The van der Waals surface area contributed by atoms with E-state index < -0.39 is 8.07 Å². The summed E-state index contributed by atoms with van der Waals surface area (Å²) in [6.45, 7) is 7.25. The molecule has 67 heavy (non-hydrogen) atoms. The molecular weight excluding hydrogens is 927 g/mol. The van der Waals surface area contributed by atoms with Crippen molar-refractivity contribution in [2.24, 2.45) is 5.92 Å². The van der Waals surface area contributed by atoms with Crippen molar-refractivity contribution in [1.29, 1.82) is 0 Å². The maximum Gasteiger partial charge on any atom is -1.00 e. The van der Waals surface area contributed by atoms with E-state index in [2.05, 4.69) is 278 Å². The largest absolute Gasteiger partial charge is 1.00 e. The monoisotopic (exact) mass is 974 g/mol. The Balaban J connectivity index is 0.00000222. The molecule has 0 saturated heterocycles. The minimum Gasteiger partial charge on any atom is -1.00 e. The van der Waals surface area contributed by atoms with Gasteiger partial charge in [-0.3, -0.25) is 0 Å². The van der Waals surface area contributed by atoms with Crippen LogP contribution in [0.1, 0.15) is 20.8 Å². The molecule has 1 aliphatic carbocycles. The maximum atomic E-state index is 2.57. The zero-order chi connectivity index (χ0) is 43.6. The normalized spacial score (nSPS) is 13.4. The van der Waals surface area contributed by atoms with E-state index in [4.69, 9.17) is 0 Å². The van der Waals surface area contributed by atoms with E-state index in [0.717, 1.165) is 0 Å². The van der Waals surface area contributed by atoms with Crippen LogP contribution in [0.15, 0.2) is 257 Å². The minimum atomic E-state index is -3.35. The van der Waals surface area contributed by atoms with Gasteiger partial charge in [-0.1, -0.05) is 0 Å². The van der Waals surface area contributed by atoms with Crippen LogP contribution in [0.4, 0.5) is 0 Å². The first-order chi connectivity index (χ1) is 31.4. The van der Waals surface area contributed by atoms with Crippen molar-refractivity contribution in [1.82, 2.24) is 0 Å². The number of allylic oxidation sites excluding steroid dienone is 4. The predicted molar refractivity (Wildman–Crippen MR) is 271 cm³/mol. The molecule has 0 N–H and O–H groups in total. The third kappa shape index (κ3) is 9.56. The molecule has 326 valence electrons. The van der Waals surface area contributed by atoms with Crippen LogP contribution in [-0.2, 0) is 20.4 Å². The third-order valence-electron chi connectivity index (χ3n) is 13.4. The molecule has 0 aliphatic heterocycles. The van der Waals surface area contributed by atoms with Gasteiger partial charge in [0.15, 0.2) is 0 Å². The molecule has 0 radical (unpaired) electrons. The van der Waals surface area contributed by atoms with Gasteiger partial charge in [-0.2, -0.15) is 0 Å². The van der Waals surface area contributed by atoms with E-state index in [1.807, 2.05) is 0 Å². The zero-order valence-corrected chi connectivity index (χ0v) is 42.6. The Morgan fingerprint density at radius 1 is 0.299 bits per heavy atom. The average Bonchev–Trinajstić information content (AvgIpc) is 3.56. The molecule has 0 fully saturated rings. The Kier molecular flexibility index (Phi) is 15.8. The van der Waals surface area contributed by atoms with Gasteiger partial charge < -0.3 is 37.2 Å². The molecule has 10 rings (SSSR count). The van der Waals surface area contributed by atoms with Gasteiger partial charge in [-0.15, -0.1) is 0 Å². The fraction of sp³-hybridized carbons (Fsp3) is 0.0645. The van der Waals surface area contributed by atoms with E-state index in [1.54, 1.807) is 5.20 Å². The minimum absolute atomic E-state index is 0. The summed E-state index contributed by atoms with van der Waals surface area (Å²) in [5.74, 6) is 0.216. The Morgan fingerprint density at radius 3 is 0.687 bits per heavy atom. The molecule has 5 heteroatoms. The first kappa shape index (κ1) is 49.2. The SMILES string of the molecule is CC1=[C]([Ti+3])C(C)C([Si](c2cc(-c3ccccc3)cc(-c3ccccc3)c2)(c2cc(-c3ccccc3)cc(-c3ccccc3)c2)c2cc(-c3ccccc3)cc(-c3ccccc3)c2)=C1C.[Cl-].[Cl-].[Cl-]. The average molecular weight is 976 g/mol. The van der Waals surface area contributed by atoms with Gasteiger partial charge in [-0.25, -0.2) is 0 Å². The molecular formula is C62H49Cl3SiTi. The van der Waals surface area contributed by atoms with Crippen molar-refractivity contribution < 1.29 is 57.7 Å². The van der Waals surface area contributed by atoms with E-state index in [-0.39, 0.29) is 43.1 Å². The van der Waals surface area contributed by atoms with Gasteiger partial charge >= 0.3 is 394 Å². The Morgan fingerprint density at radius 2 is 0.507 bits per heavy atom. The van der Waals surface area contributed by atoms with Crippen molar-refractivity contribution in [3.63, 3.8) is 0 Å². The van der Waals surface area contributed by atoms with Gasteiger partial charge in [0.1, 0.15) is 0 Å². The van der Waals surface area contributed by atoms with Crippen LogP contribution in [0.5, 0.6) is 0 Å².